The topological polar surface area (TPSA) is 73.1 Å². The zero-order valence-electron chi connectivity index (χ0n) is 15.1. The van der Waals surface area contributed by atoms with Crippen LogP contribution in [0.15, 0.2) is 58.2 Å². The number of sulfonamides is 1. The van der Waals surface area contributed by atoms with Crippen molar-refractivity contribution in [2.75, 3.05) is 4.72 Å². The highest BCUT2D eigenvalue weighted by atomic mass is 32.2. The molecule has 3 rings (SSSR count). The largest absolute Gasteiger partial charge is 0.296 e. The Bertz CT molecular complexity index is 1130. The first-order chi connectivity index (χ1) is 12.2. The molecule has 7 heteroatoms. The van der Waals surface area contributed by atoms with E-state index in [1.165, 1.54) is 4.68 Å². The predicted octanol–water partition coefficient (Wildman–Crippen LogP) is 2.90. The molecular formula is C19H21N3O3S. The Morgan fingerprint density at radius 1 is 0.962 bits per heavy atom. The van der Waals surface area contributed by atoms with E-state index in [9.17, 15) is 13.2 Å². The van der Waals surface area contributed by atoms with Gasteiger partial charge >= 0.3 is 0 Å². The molecule has 0 radical (unpaired) electrons. The van der Waals surface area contributed by atoms with Gasteiger partial charge in [0, 0.05) is 7.05 Å². The number of aryl methyl sites for hydroxylation is 2. The molecule has 0 unspecified atom stereocenters. The smallest absolute Gasteiger partial charge is 0.283 e. The molecule has 136 valence electrons. The van der Waals surface area contributed by atoms with Gasteiger partial charge < -0.3 is 0 Å². The summed E-state index contributed by atoms with van der Waals surface area (Å²) in [5.74, 6) is 0. The van der Waals surface area contributed by atoms with Gasteiger partial charge in [0.15, 0.2) is 0 Å². The standard InChI is InChI=1S/C19H21N3O3S/c1-13-10-11-14(2)17(12-13)26(24,25)20-18-15(3)21(4)22(19(18)23)16-8-6-5-7-9-16/h5-12,20H,1-4H3. The average Bonchev–Trinajstić information content (AvgIpc) is 2.81. The van der Waals surface area contributed by atoms with Crippen molar-refractivity contribution >= 4 is 15.7 Å². The normalized spacial score (nSPS) is 11.5. The summed E-state index contributed by atoms with van der Waals surface area (Å²) in [6.07, 6.45) is 0. The fraction of sp³-hybridized carbons (Fsp3) is 0.211. The van der Waals surface area contributed by atoms with E-state index in [1.807, 2.05) is 31.2 Å². The van der Waals surface area contributed by atoms with Crippen molar-refractivity contribution in [3.8, 4) is 5.69 Å². The monoisotopic (exact) mass is 371 g/mol. The fourth-order valence-corrected chi connectivity index (χ4v) is 4.32. The van der Waals surface area contributed by atoms with Crippen LogP contribution in [-0.4, -0.2) is 17.8 Å². The lowest BCUT2D eigenvalue weighted by molar-refractivity contribution is 0.600. The van der Waals surface area contributed by atoms with Gasteiger partial charge in [0.05, 0.1) is 16.3 Å². The molecular weight excluding hydrogens is 350 g/mol. The molecule has 1 N–H and O–H groups in total. The first-order valence-corrected chi connectivity index (χ1v) is 9.65. The van der Waals surface area contributed by atoms with Crippen LogP contribution in [-0.2, 0) is 17.1 Å². The molecule has 26 heavy (non-hydrogen) atoms. The minimum Gasteiger partial charge on any atom is -0.283 e. The summed E-state index contributed by atoms with van der Waals surface area (Å²) >= 11 is 0. The van der Waals surface area contributed by atoms with Gasteiger partial charge in [-0.25, -0.2) is 13.1 Å². The minimum atomic E-state index is -3.87. The van der Waals surface area contributed by atoms with Crippen LogP contribution in [0.1, 0.15) is 16.8 Å². The van der Waals surface area contributed by atoms with Crippen molar-refractivity contribution in [3.63, 3.8) is 0 Å². The van der Waals surface area contributed by atoms with Gasteiger partial charge in [0.25, 0.3) is 15.6 Å². The molecule has 0 saturated heterocycles. The summed E-state index contributed by atoms with van der Waals surface area (Å²) < 4.78 is 31.3. The summed E-state index contributed by atoms with van der Waals surface area (Å²) in [7, 11) is -2.15. The molecule has 0 aliphatic rings. The molecule has 0 amide bonds. The lowest BCUT2D eigenvalue weighted by atomic mass is 10.2. The van der Waals surface area contributed by atoms with Gasteiger partial charge in [-0.15, -0.1) is 0 Å². The van der Waals surface area contributed by atoms with E-state index in [4.69, 9.17) is 0 Å². The number of benzene rings is 2. The third kappa shape index (κ3) is 3.06. The molecule has 3 aromatic rings. The quantitative estimate of drug-likeness (QED) is 0.766. The number of para-hydroxylation sites is 1. The molecule has 6 nitrogen and oxygen atoms in total. The van der Waals surface area contributed by atoms with Gasteiger partial charge in [0.2, 0.25) is 0 Å². The molecule has 0 bridgehead atoms. The van der Waals surface area contributed by atoms with Crippen LogP contribution in [0.3, 0.4) is 0 Å². The van der Waals surface area contributed by atoms with E-state index in [-0.39, 0.29) is 10.6 Å². The number of rotatable bonds is 4. The highest BCUT2D eigenvalue weighted by Crippen LogP contribution is 2.22. The lowest BCUT2D eigenvalue weighted by Crippen LogP contribution is -2.23. The molecule has 2 aromatic carbocycles. The molecule has 0 atom stereocenters. The molecule has 0 aliphatic carbocycles. The number of nitrogens with zero attached hydrogens (tertiary/aromatic N) is 2. The molecule has 0 aliphatic heterocycles. The van der Waals surface area contributed by atoms with Crippen LogP contribution < -0.4 is 10.3 Å². The lowest BCUT2D eigenvalue weighted by Gasteiger charge is -2.10. The Hall–Kier alpha value is -2.80. The number of hydrogen-bond acceptors (Lipinski definition) is 3. The Kier molecular flexibility index (Phi) is 4.50. The Morgan fingerprint density at radius 3 is 2.27 bits per heavy atom. The van der Waals surface area contributed by atoms with Crippen LogP contribution in [0.2, 0.25) is 0 Å². The van der Waals surface area contributed by atoms with Gasteiger partial charge in [-0.05, 0) is 50.1 Å². The average molecular weight is 371 g/mol. The first-order valence-electron chi connectivity index (χ1n) is 8.16. The number of aromatic nitrogens is 2. The minimum absolute atomic E-state index is 0.0530. The molecule has 0 spiro atoms. The van der Waals surface area contributed by atoms with E-state index in [1.54, 1.807) is 49.8 Å². The van der Waals surface area contributed by atoms with Gasteiger partial charge in [-0.2, -0.15) is 0 Å². The maximum Gasteiger partial charge on any atom is 0.296 e. The van der Waals surface area contributed by atoms with Crippen LogP contribution in [0.25, 0.3) is 5.69 Å². The number of nitrogens with one attached hydrogen (secondary N) is 1. The van der Waals surface area contributed by atoms with E-state index in [0.717, 1.165) is 5.56 Å². The number of hydrogen-bond donors (Lipinski definition) is 1. The van der Waals surface area contributed by atoms with Crippen molar-refractivity contribution in [3.05, 3.63) is 75.7 Å². The summed E-state index contributed by atoms with van der Waals surface area (Å²) in [4.78, 5) is 13.1. The van der Waals surface area contributed by atoms with Crippen molar-refractivity contribution in [1.82, 2.24) is 9.36 Å². The van der Waals surface area contributed by atoms with Gasteiger partial charge in [-0.1, -0.05) is 30.3 Å². The summed E-state index contributed by atoms with van der Waals surface area (Å²) in [6, 6.07) is 14.3. The molecule has 0 saturated carbocycles. The number of anilines is 1. The Labute approximate surface area is 152 Å². The van der Waals surface area contributed by atoms with Gasteiger partial charge in [0.1, 0.15) is 5.69 Å². The van der Waals surface area contributed by atoms with Crippen molar-refractivity contribution in [2.24, 2.45) is 7.05 Å². The maximum atomic E-state index is 12.9. The zero-order chi connectivity index (χ0) is 19.1. The van der Waals surface area contributed by atoms with E-state index >= 15 is 0 Å². The molecule has 1 aromatic heterocycles. The van der Waals surface area contributed by atoms with Crippen molar-refractivity contribution in [2.45, 2.75) is 25.7 Å². The summed E-state index contributed by atoms with van der Waals surface area (Å²) in [5.41, 5.74) is 2.30. The molecule has 1 heterocycles. The highest BCUT2D eigenvalue weighted by molar-refractivity contribution is 7.92. The van der Waals surface area contributed by atoms with Crippen LogP contribution >= 0.6 is 0 Å². The van der Waals surface area contributed by atoms with E-state index in [0.29, 0.717) is 16.9 Å². The Balaban J connectivity index is 2.12. The van der Waals surface area contributed by atoms with Crippen molar-refractivity contribution in [1.29, 1.82) is 0 Å². The van der Waals surface area contributed by atoms with Crippen LogP contribution in [0.5, 0.6) is 0 Å². The third-order valence-electron chi connectivity index (χ3n) is 4.42. The first kappa shape index (κ1) is 18.0. The van der Waals surface area contributed by atoms with Crippen LogP contribution in [0, 0.1) is 20.8 Å². The Morgan fingerprint density at radius 2 is 1.62 bits per heavy atom. The second kappa shape index (κ2) is 6.49. The van der Waals surface area contributed by atoms with Gasteiger partial charge in [-0.3, -0.25) is 14.2 Å². The second-order valence-corrected chi connectivity index (χ2v) is 7.96. The predicted molar refractivity (Wildman–Crippen MR) is 102 cm³/mol. The molecule has 0 fully saturated rings. The highest BCUT2D eigenvalue weighted by Gasteiger charge is 2.23. The van der Waals surface area contributed by atoms with E-state index < -0.39 is 15.6 Å². The fourth-order valence-electron chi connectivity index (χ4n) is 2.87. The third-order valence-corrected chi connectivity index (χ3v) is 5.92. The SMILES string of the molecule is Cc1ccc(C)c(S(=O)(=O)Nc2c(C)n(C)n(-c3ccccc3)c2=O)c1. The maximum absolute atomic E-state index is 12.9. The zero-order valence-corrected chi connectivity index (χ0v) is 16.0. The van der Waals surface area contributed by atoms with Crippen LogP contribution in [0.4, 0.5) is 5.69 Å². The summed E-state index contributed by atoms with van der Waals surface area (Å²) in [6.45, 7) is 5.27. The summed E-state index contributed by atoms with van der Waals surface area (Å²) in [5, 5.41) is 0. The van der Waals surface area contributed by atoms with Crippen molar-refractivity contribution < 1.29 is 8.42 Å². The van der Waals surface area contributed by atoms with E-state index in [2.05, 4.69) is 4.72 Å². The second-order valence-electron chi connectivity index (χ2n) is 6.31.